The Morgan fingerprint density at radius 2 is 1.83 bits per heavy atom. The van der Waals surface area contributed by atoms with Crippen LogP contribution in [0.4, 0.5) is 0 Å². The lowest BCUT2D eigenvalue weighted by Crippen LogP contribution is -2.33. The van der Waals surface area contributed by atoms with Gasteiger partial charge in [-0.2, -0.15) is 0 Å². The van der Waals surface area contributed by atoms with E-state index in [1.54, 1.807) is 18.2 Å². The number of rotatable bonds is 5. The van der Waals surface area contributed by atoms with Crippen molar-refractivity contribution in [2.24, 2.45) is 0 Å². The van der Waals surface area contributed by atoms with E-state index in [9.17, 15) is 9.59 Å². The SMILES string of the molecule is O=C(O[C@H](C(=O)NC1CC1)c1ccccc1)c1cc2c(s1)-c1ccccc1OC2. The Labute approximate surface area is 172 Å². The second kappa shape index (κ2) is 7.37. The molecule has 3 aromatic rings. The van der Waals surface area contributed by atoms with Gasteiger partial charge >= 0.3 is 5.97 Å². The van der Waals surface area contributed by atoms with Crippen molar-refractivity contribution >= 4 is 23.2 Å². The number of carbonyl (C=O) groups excluding carboxylic acids is 2. The van der Waals surface area contributed by atoms with Crippen LogP contribution in [0.25, 0.3) is 10.4 Å². The van der Waals surface area contributed by atoms with Gasteiger partial charge in [-0.3, -0.25) is 4.79 Å². The van der Waals surface area contributed by atoms with Gasteiger partial charge in [-0.1, -0.05) is 42.5 Å². The first-order valence-electron chi connectivity index (χ1n) is 9.60. The third-order valence-corrected chi connectivity index (χ3v) is 6.20. The van der Waals surface area contributed by atoms with Gasteiger partial charge in [-0.05, 0) is 31.0 Å². The van der Waals surface area contributed by atoms with Crippen LogP contribution in [-0.4, -0.2) is 17.9 Å². The lowest BCUT2D eigenvalue weighted by atomic mass is 10.1. The van der Waals surface area contributed by atoms with Crippen LogP contribution in [0, 0.1) is 0 Å². The normalized spacial score (nSPS) is 15.4. The maximum Gasteiger partial charge on any atom is 0.349 e. The van der Waals surface area contributed by atoms with Crippen LogP contribution in [0.1, 0.15) is 39.7 Å². The molecule has 1 aliphatic carbocycles. The number of amides is 1. The first-order chi connectivity index (χ1) is 14.2. The van der Waals surface area contributed by atoms with Gasteiger partial charge in [0.15, 0.2) is 0 Å². The molecule has 6 heteroatoms. The van der Waals surface area contributed by atoms with E-state index >= 15 is 0 Å². The van der Waals surface area contributed by atoms with Gasteiger partial charge in [0.2, 0.25) is 6.10 Å². The fourth-order valence-corrected chi connectivity index (χ4v) is 4.45. The van der Waals surface area contributed by atoms with Gasteiger partial charge in [0.05, 0.1) is 0 Å². The molecule has 1 saturated carbocycles. The Morgan fingerprint density at radius 1 is 1.07 bits per heavy atom. The molecule has 2 aromatic carbocycles. The van der Waals surface area contributed by atoms with Crippen molar-refractivity contribution in [3.8, 4) is 16.2 Å². The summed E-state index contributed by atoms with van der Waals surface area (Å²) < 4.78 is 11.5. The summed E-state index contributed by atoms with van der Waals surface area (Å²) >= 11 is 1.38. The van der Waals surface area contributed by atoms with Crippen molar-refractivity contribution in [3.63, 3.8) is 0 Å². The van der Waals surface area contributed by atoms with E-state index in [-0.39, 0.29) is 11.9 Å². The fraction of sp³-hybridized carbons (Fsp3) is 0.217. The van der Waals surface area contributed by atoms with Crippen LogP contribution in [0.5, 0.6) is 5.75 Å². The number of para-hydroxylation sites is 1. The van der Waals surface area contributed by atoms with E-state index in [1.807, 2.05) is 42.5 Å². The van der Waals surface area contributed by atoms with Gasteiger partial charge in [-0.25, -0.2) is 4.79 Å². The second-order valence-electron chi connectivity index (χ2n) is 7.23. The summed E-state index contributed by atoms with van der Waals surface area (Å²) in [4.78, 5) is 27.1. The number of carbonyl (C=O) groups is 2. The number of benzene rings is 2. The Balaban J connectivity index is 1.41. The molecule has 0 radical (unpaired) electrons. The summed E-state index contributed by atoms with van der Waals surface area (Å²) in [6.45, 7) is 0.417. The standard InChI is InChI=1S/C23H19NO4S/c25-22(24-16-10-11-16)20(14-6-2-1-3-7-14)28-23(26)19-12-15-13-27-18-9-5-4-8-17(18)21(15)29-19/h1-9,12,16,20H,10-11,13H2,(H,24,25)/t20-/m0/s1. The van der Waals surface area contributed by atoms with Gasteiger partial charge in [0.1, 0.15) is 17.2 Å². The number of esters is 1. The monoisotopic (exact) mass is 405 g/mol. The molecule has 0 spiro atoms. The Bertz CT molecular complexity index is 1070. The quantitative estimate of drug-likeness (QED) is 0.636. The van der Waals surface area contributed by atoms with Crippen molar-refractivity contribution in [1.82, 2.24) is 5.32 Å². The minimum Gasteiger partial charge on any atom is -0.488 e. The smallest absolute Gasteiger partial charge is 0.349 e. The third kappa shape index (κ3) is 3.63. The van der Waals surface area contributed by atoms with Crippen LogP contribution < -0.4 is 10.1 Å². The summed E-state index contributed by atoms with van der Waals surface area (Å²) in [5.74, 6) is 0.0384. The zero-order valence-electron chi connectivity index (χ0n) is 15.6. The largest absolute Gasteiger partial charge is 0.488 e. The predicted molar refractivity (Wildman–Crippen MR) is 110 cm³/mol. The lowest BCUT2D eigenvalue weighted by Gasteiger charge is -2.17. The molecular weight excluding hydrogens is 386 g/mol. The zero-order chi connectivity index (χ0) is 19.8. The minimum absolute atomic E-state index is 0.190. The summed E-state index contributed by atoms with van der Waals surface area (Å²) in [7, 11) is 0. The summed E-state index contributed by atoms with van der Waals surface area (Å²) in [6, 6.07) is 18.9. The molecule has 1 N–H and O–H groups in total. The van der Waals surface area contributed by atoms with E-state index in [0.717, 1.165) is 34.6 Å². The number of hydrogen-bond acceptors (Lipinski definition) is 5. The zero-order valence-corrected chi connectivity index (χ0v) is 16.4. The van der Waals surface area contributed by atoms with Gasteiger partial charge in [0.25, 0.3) is 5.91 Å². The highest BCUT2D eigenvalue weighted by Gasteiger charge is 2.32. The molecule has 0 saturated heterocycles. The number of ether oxygens (including phenoxy) is 2. The van der Waals surface area contributed by atoms with Crippen molar-refractivity contribution in [2.75, 3.05) is 0 Å². The highest BCUT2D eigenvalue weighted by molar-refractivity contribution is 7.17. The van der Waals surface area contributed by atoms with E-state index in [1.165, 1.54) is 11.3 Å². The summed E-state index contributed by atoms with van der Waals surface area (Å²) in [5.41, 5.74) is 2.59. The minimum atomic E-state index is -0.966. The topological polar surface area (TPSA) is 64.6 Å². The maximum atomic E-state index is 12.9. The van der Waals surface area contributed by atoms with Gasteiger partial charge in [-0.15, -0.1) is 11.3 Å². The molecule has 2 heterocycles. The van der Waals surface area contributed by atoms with Gasteiger partial charge in [0, 0.05) is 27.6 Å². The van der Waals surface area contributed by atoms with E-state index in [2.05, 4.69) is 5.32 Å². The average molecular weight is 405 g/mol. The first-order valence-corrected chi connectivity index (χ1v) is 10.4. The lowest BCUT2D eigenvalue weighted by molar-refractivity contribution is -0.130. The molecule has 1 aromatic heterocycles. The van der Waals surface area contributed by atoms with Crippen LogP contribution >= 0.6 is 11.3 Å². The molecule has 1 atom stereocenters. The highest BCUT2D eigenvalue weighted by atomic mass is 32.1. The fourth-order valence-electron chi connectivity index (χ4n) is 3.37. The van der Waals surface area contributed by atoms with E-state index < -0.39 is 12.1 Å². The molecule has 2 aliphatic rings. The van der Waals surface area contributed by atoms with Crippen molar-refractivity contribution < 1.29 is 19.1 Å². The number of fused-ring (bicyclic) bond motifs is 3. The van der Waals surface area contributed by atoms with Gasteiger partial charge < -0.3 is 14.8 Å². The molecule has 5 rings (SSSR count). The van der Waals surface area contributed by atoms with Crippen molar-refractivity contribution in [1.29, 1.82) is 0 Å². The molecule has 146 valence electrons. The first kappa shape index (κ1) is 17.9. The molecule has 1 aliphatic heterocycles. The Kier molecular flexibility index (Phi) is 4.56. The Morgan fingerprint density at radius 3 is 2.62 bits per heavy atom. The van der Waals surface area contributed by atoms with E-state index in [4.69, 9.17) is 9.47 Å². The third-order valence-electron chi connectivity index (χ3n) is 5.01. The van der Waals surface area contributed by atoms with Crippen LogP contribution in [0.3, 0.4) is 0 Å². The summed E-state index contributed by atoms with van der Waals surface area (Å²) in [6.07, 6.45) is 0.975. The Hall–Kier alpha value is -3.12. The van der Waals surface area contributed by atoms with Crippen molar-refractivity contribution in [3.05, 3.63) is 76.7 Å². The number of hydrogen-bond donors (Lipinski definition) is 1. The number of thiophene rings is 1. The molecule has 5 nitrogen and oxygen atoms in total. The molecule has 1 amide bonds. The maximum absolute atomic E-state index is 12.9. The number of nitrogens with one attached hydrogen (secondary N) is 1. The van der Waals surface area contributed by atoms with Crippen molar-refractivity contribution in [2.45, 2.75) is 31.6 Å². The van der Waals surface area contributed by atoms with Crippen LogP contribution in [0.2, 0.25) is 0 Å². The van der Waals surface area contributed by atoms with Crippen LogP contribution in [-0.2, 0) is 16.1 Å². The average Bonchev–Trinajstić information content (AvgIpc) is 3.45. The highest BCUT2D eigenvalue weighted by Crippen LogP contribution is 2.42. The predicted octanol–water partition coefficient (Wildman–Crippen LogP) is 4.48. The molecule has 0 bridgehead atoms. The molecule has 0 unspecified atom stereocenters. The molecular formula is C23H19NO4S. The second-order valence-corrected chi connectivity index (χ2v) is 8.28. The van der Waals surface area contributed by atoms with E-state index in [0.29, 0.717) is 17.0 Å². The summed E-state index contributed by atoms with van der Waals surface area (Å²) in [5, 5.41) is 2.94. The molecule has 1 fully saturated rings. The molecule has 29 heavy (non-hydrogen) atoms. The van der Waals surface area contributed by atoms with Crippen LogP contribution in [0.15, 0.2) is 60.7 Å².